The predicted octanol–water partition coefficient (Wildman–Crippen LogP) is 6.70. The molecular weight excluding hydrogens is 394 g/mol. The lowest BCUT2D eigenvalue weighted by Crippen LogP contribution is -2.51. The summed E-state index contributed by atoms with van der Waals surface area (Å²) in [5.41, 5.74) is 5.23. The number of anilines is 1. The van der Waals surface area contributed by atoms with Gasteiger partial charge < -0.3 is 10.1 Å². The van der Waals surface area contributed by atoms with Crippen LogP contribution in [0.25, 0.3) is 0 Å². The molecule has 32 heavy (non-hydrogen) atoms. The van der Waals surface area contributed by atoms with Gasteiger partial charge in [0.15, 0.2) is 0 Å². The first-order valence-corrected chi connectivity index (χ1v) is 13.0. The number of ether oxygens (including phenoxy) is 1. The summed E-state index contributed by atoms with van der Waals surface area (Å²) < 4.78 is 5.63. The minimum absolute atomic E-state index is 0.0927. The van der Waals surface area contributed by atoms with E-state index < -0.39 is 0 Å². The summed E-state index contributed by atoms with van der Waals surface area (Å²) in [5, 5.41) is 3.99. The molecule has 0 aromatic heterocycles. The van der Waals surface area contributed by atoms with Crippen molar-refractivity contribution in [2.24, 2.45) is 34.5 Å². The molecule has 0 saturated heterocycles. The Morgan fingerprint density at radius 3 is 2.75 bits per heavy atom. The molecule has 0 radical (unpaired) electrons. The molecule has 1 aromatic carbocycles. The van der Waals surface area contributed by atoms with E-state index in [4.69, 9.17) is 4.74 Å². The van der Waals surface area contributed by atoms with Crippen molar-refractivity contribution in [3.8, 4) is 0 Å². The van der Waals surface area contributed by atoms with Crippen molar-refractivity contribution in [1.82, 2.24) is 0 Å². The molecular formula is C29H39NO2. The molecule has 1 heterocycles. The van der Waals surface area contributed by atoms with Crippen LogP contribution in [0.15, 0.2) is 35.9 Å². The van der Waals surface area contributed by atoms with Crippen molar-refractivity contribution in [3.63, 3.8) is 0 Å². The fraction of sp³-hybridized carbons (Fsp3) is 0.690. The molecule has 0 spiro atoms. The van der Waals surface area contributed by atoms with Gasteiger partial charge in [-0.1, -0.05) is 50.6 Å². The number of rotatable bonds is 1. The van der Waals surface area contributed by atoms with Crippen LogP contribution in [0.5, 0.6) is 0 Å². The van der Waals surface area contributed by atoms with E-state index in [1.165, 1.54) is 43.4 Å². The van der Waals surface area contributed by atoms with Crippen LogP contribution in [0, 0.1) is 34.5 Å². The molecule has 0 amide bonds. The standard InChI is InChI=1S/C29H39NO2/c1-17-21-7-5-6-8-25(21)30-26-16-24-22-10-9-19-15-20(32-18(2)31)11-13-28(19,3)23(22)12-14-29(24,4)27(17)26/h5-9,17,20,22-24,26-27,30H,10-16H2,1-4H3/t17-,20+,22-,23+,24+,26+,27+,28+,29+/m1/s1. The zero-order chi connectivity index (χ0) is 22.3. The van der Waals surface area contributed by atoms with Crippen LogP contribution in [-0.4, -0.2) is 18.1 Å². The average molecular weight is 434 g/mol. The van der Waals surface area contributed by atoms with Crippen LogP contribution in [0.1, 0.15) is 84.1 Å². The highest BCUT2D eigenvalue weighted by molar-refractivity contribution is 5.66. The zero-order valence-corrected chi connectivity index (χ0v) is 20.2. The van der Waals surface area contributed by atoms with Crippen molar-refractivity contribution in [1.29, 1.82) is 0 Å². The van der Waals surface area contributed by atoms with Crippen LogP contribution >= 0.6 is 0 Å². The Labute approximate surface area is 193 Å². The van der Waals surface area contributed by atoms with Gasteiger partial charge in [-0.05, 0) is 90.6 Å². The molecule has 1 aliphatic heterocycles. The first-order valence-electron chi connectivity index (χ1n) is 13.0. The SMILES string of the molecule is CC(=O)O[C@H]1CC[C@@]2(C)C(=CC[C@H]3[C@@H]4C[C@@H]5Nc6ccccc6[C@@H](C)[C@@H]5[C@@]4(C)CC[C@@H]32)C1. The second kappa shape index (κ2) is 7.11. The van der Waals surface area contributed by atoms with E-state index in [0.717, 1.165) is 36.5 Å². The van der Waals surface area contributed by atoms with Crippen LogP contribution in [0.3, 0.4) is 0 Å². The Hall–Kier alpha value is -1.77. The Morgan fingerprint density at radius 2 is 1.94 bits per heavy atom. The maximum atomic E-state index is 11.5. The molecule has 3 saturated carbocycles. The molecule has 1 N–H and O–H groups in total. The van der Waals surface area contributed by atoms with Crippen LogP contribution < -0.4 is 5.32 Å². The number of benzene rings is 1. The Bertz CT molecular complexity index is 968. The summed E-state index contributed by atoms with van der Waals surface area (Å²) in [7, 11) is 0. The fourth-order valence-corrected chi connectivity index (χ4v) is 9.54. The average Bonchev–Trinajstić information content (AvgIpc) is 3.06. The molecule has 0 unspecified atom stereocenters. The van der Waals surface area contributed by atoms with Crippen LogP contribution in [0.4, 0.5) is 5.69 Å². The fourth-order valence-electron chi connectivity index (χ4n) is 9.54. The Morgan fingerprint density at radius 1 is 1.12 bits per heavy atom. The van der Waals surface area contributed by atoms with Gasteiger partial charge in [0.25, 0.3) is 0 Å². The first-order chi connectivity index (χ1) is 15.3. The molecule has 0 bridgehead atoms. The highest BCUT2D eigenvalue weighted by Crippen LogP contribution is 2.69. The normalized spacial score (nSPS) is 46.4. The van der Waals surface area contributed by atoms with Crippen LogP contribution in [-0.2, 0) is 9.53 Å². The smallest absolute Gasteiger partial charge is 0.302 e. The molecule has 3 fully saturated rings. The lowest BCUT2D eigenvalue weighted by Gasteiger charge is -2.58. The molecule has 172 valence electrons. The second-order valence-corrected chi connectivity index (χ2v) is 12.2. The number of carbonyl (C=O) groups is 1. The third kappa shape index (κ3) is 2.82. The van der Waals surface area contributed by atoms with Gasteiger partial charge in [0, 0.05) is 25.1 Å². The molecule has 5 aliphatic rings. The van der Waals surface area contributed by atoms with Gasteiger partial charge in [0.2, 0.25) is 0 Å². The third-order valence-electron chi connectivity index (χ3n) is 10.9. The van der Waals surface area contributed by atoms with Crippen molar-refractivity contribution in [2.75, 3.05) is 5.32 Å². The highest BCUT2D eigenvalue weighted by atomic mass is 16.5. The molecule has 1 aromatic rings. The largest absolute Gasteiger partial charge is 0.462 e. The summed E-state index contributed by atoms with van der Waals surface area (Å²) >= 11 is 0. The lowest BCUT2D eigenvalue weighted by atomic mass is 9.47. The minimum atomic E-state index is -0.127. The van der Waals surface area contributed by atoms with Crippen molar-refractivity contribution in [3.05, 3.63) is 41.5 Å². The van der Waals surface area contributed by atoms with Gasteiger partial charge >= 0.3 is 5.97 Å². The zero-order valence-electron chi connectivity index (χ0n) is 20.2. The van der Waals surface area contributed by atoms with E-state index in [0.29, 0.717) is 22.8 Å². The monoisotopic (exact) mass is 433 g/mol. The number of nitrogens with one attached hydrogen (secondary N) is 1. The minimum Gasteiger partial charge on any atom is -0.462 e. The number of carbonyl (C=O) groups excluding carboxylic acids is 1. The van der Waals surface area contributed by atoms with Crippen molar-refractivity contribution in [2.45, 2.75) is 90.7 Å². The summed E-state index contributed by atoms with van der Waals surface area (Å²) in [4.78, 5) is 11.5. The van der Waals surface area contributed by atoms with Gasteiger partial charge in [-0.3, -0.25) is 4.79 Å². The number of fused-ring (bicyclic) bond motifs is 8. The topological polar surface area (TPSA) is 38.3 Å². The number of para-hydroxylation sites is 1. The first kappa shape index (κ1) is 20.8. The van der Waals surface area contributed by atoms with Gasteiger partial charge in [0.05, 0.1) is 0 Å². The molecule has 4 aliphatic carbocycles. The lowest BCUT2D eigenvalue weighted by molar-refractivity contribution is -0.148. The molecule has 3 heteroatoms. The van der Waals surface area contributed by atoms with E-state index in [2.05, 4.69) is 56.4 Å². The van der Waals surface area contributed by atoms with Gasteiger partial charge in [-0.2, -0.15) is 0 Å². The third-order valence-corrected chi connectivity index (χ3v) is 10.9. The van der Waals surface area contributed by atoms with E-state index in [-0.39, 0.29) is 12.1 Å². The molecule has 9 atom stereocenters. The Balaban J connectivity index is 1.30. The van der Waals surface area contributed by atoms with Crippen molar-refractivity contribution >= 4 is 11.7 Å². The predicted molar refractivity (Wildman–Crippen MR) is 128 cm³/mol. The second-order valence-electron chi connectivity index (χ2n) is 12.2. The van der Waals surface area contributed by atoms with Gasteiger partial charge in [-0.25, -0.2) is 0 Å². The van der Waals surface area contributed by atoms with E-state index in [1.54, 1.807) is 12.5 Å². The number of hydrogen-bond donors (Lipinski definition) is 1. The Kier molecular flexibility index (Phi) is 4.63. The van der Waals surface area contributed by atoms with Crippen LogP contribution in [0.2, 0.25) is 0 Å². The van der Waals surface area contributed by atoms with Gasteiger partial charge in [-0.15, -0.1) is 0 Å². The molecule has 6 rings (SSSR count). The van der Waals surface area contributed by atoms with E-state index in [1.807, 2.05) is 0 Å². The molecule has 3 nitrogen and oxygen atoms in total. The van der Waals surface area contributed by atoms with E-state index in [9.17, 15) is 4.79 Å². The van der Waals surface area contributed by atoms with E-state index >= 15 is 0 Å². The summed E-state index contributed by atoms with van der Waals surface area (Å²) in [5.74, 6) is 3.64. The van der Waals surface area contributed by atoms with Gasteiger partial charge in [0.1, 0.15) is 6.10 Å². The summed E-state index contributed by atoms with van der Waals surface area (Å²) in [6, 6.07) is 9.64. The number of allylic oxidation sites excluding steroid dienone is 1. The summed E-state index contributed by atoms with van der Waals surface area (Å²) in [6.45, 7) is 9.23. The van der Waals surface area contributed by atoms with Crippen molar-refractivity contribution < 1.29 is 9.53 Å². The number of esters is 1. The quantitative estimate of drug-likeness (QED) is 0.395. The number of hydrogen-bond acceptors (Lipinski definition) is 3. The maximum Gasteiger partial charge on any atom is 0.302 e. The summed E-state index contributed by atoms with van der Waals surface area (Å²) in [6.07, 6.45) is 11.1. The highest BCUT2D eigenvalue weighted by Gasteiger charge is 2.62. The maximum absolute atomic E-state index is 11.5.